The molecule has 3 aromatic carbocycles. The van der Waals surface area contributed by atoms with Crippen LogP contribution in [0.1, 0.15) is 126 Å². The average Bonchev–Trinajstić information content (AvgIpc) is 1.18. The molecule has 1 unspecified atom stereocenters. The van der Waals surface area contributed by atoms with Gasteiger partial charge in [0.15, 0.2) is 17.4 Å². The largest absolute Gasteiger partial charge is 0.416 e. The monoisotopic (exact) mass is 1640 g/mol. The standard InChI is InChI=1S/C18H19BrF3NO2S.C18H19BrF3NOS.C13H10BrF3N2.C6H4BrNO.C6H6BrN.2ClH/c1-17(2,3)25-26(24)11-14(16-15(19)5-4-10-23-16)12-6-8-13(9-7-12)18(20,21)22;1-17(2,3)25(24)11-14(16-15(19)5-4-10-23-16)12-6-8-13(9-7-12)18(20,21)22;14-10-2-1-7-19-12(10)11(18)8-3-5-9(6-4-8)13(15,16)17;7-5-2-1-3-8-6(5)4-9;1-5-6(7)3-2-4-8-5;;/h4-10,14H,11H2,1-3H3;4-10,14H,11H2,1-3H3;1-7,11H,18H2;1-4H;2-4H,1H3;2*1H/t14-,26?;14-,25+;11-;;;;/m000..../s1. The van der Waals surface area contributed by atoms with Crippen molar-refractivity contribution in [3.05, 3.63) is 249 Å². The molecule has 8 aromatic rings. The molecule has 0 bridgehead atoms. The van der Waals surface area contributed by atoms with E-state index in [1.165, 1.54) is 36.4 Å². The molecular weight excluding hydrogens is 1590 g/mol. The highest BCUT2D eigenvalue weighted by molar-refractivity contribution is 9.11. The molecule has 0 spiro atoms. The molecule has 0 fully saturated rings. The van der Waals surface area contributed by atoms with Crippen LogP contribution in [0.5, 0.6) is 0 Å². The topological polar surface area (TPSA) is 151 Å². The third kappa shape index (κ3) is 27.0. The zero-order valence-electron chi connectivity index (χ0n) is 48.2. The number of carbonyl (C=O) groups excluding carboxylic acids is 1. The van der Waals surface area contributed by atoms with Gasteiger partial charge in [-0.2, -0.15) is 39.5 Å². The fourth-order valence-corrected chi connectivity index (χ4v) is 11.8. The van der Waals surface area contributed by atoms with Crippen LogP contribution in [0.15, 0.2) is 187 Å². The fourth-order valence-electron chi connectivity index (χ4n) is 7.25. The van der Waals surface area contributed by atoms with E-state index < -0.39 is 79.4 Å². The number of halogens is 16. The molecule has 0 amide bonds. The third-order valence-electron chi connectivity index (χ3n) is 11.7. The molecule has 482 valence electrons. The van der Waals surface area contributed by atoms with Crippen molar-refractivity contribution in [2.45, 2.75) is 95.2 Å². The molecule has 2 N–H and O–H groups in total. The van der Waals surface area contributed by atoms with Gasteiger partial charge in [-0.15, -0.1) is 24.8 Å². The van der Waals surface area contributed by atoms with Gasteiger partial charge in [0.25, 0.3) is 0 Å². The van der Waals surface area contributed by atoms with Crippen molar-refractivity contribution in [2.24, 2.45) is 5.73 Å². The van der Waals surface area contributed by atoms with E-state index in [1.54, 1.807) is 94.2 Å². The summed E-state index contributed by atoms with van der Waals surface area (Å²) in [4.78, 5) is 30.8. The van der Waals surface area contributed by atoms with E-state index in [0.717, 1.165) is 60.0 Å². The van der Waals surface area contributed by atoms with Crippen LogP contribution in [0.4, 0.5) is 39.5 Å². The van der Waals surface area contributed by atoms with Gasteiger partial charge >= 0.3 is 18.5 Å². The van der Waals surface area contributed by atoms with Crippen molar-refractivity contribution < 1.29 is 56.9 Å². The van der Waals surface area contributed by atoms with Gasteiger partial charge in [-0.25, -0.2) is 4.21 Å². The molecule has 5 heterocycles. The number of nitrogens with two attached hydrogens (primary N) is 1. The van der Waals surface area contributed by atoms with Crippen LogP contribution in [-0.2, 0) is 44.6 Å². The Labute approximate surface area is 570 Å². The second kappa shape index (κ2) is 36.8. The minimum Gasteiger partial charge on any atom is -0.319 e. The number of alkyl halides is 9. The average molecular weight is 1650 g/mol. The molecule has 89 heavy (non-hydrogen) atoms. The molecule has 0 saturated carbocycles. The summed E-state index contributed by atoms with van der Waals surface area (Å²) < 4.78 is 148. The fraction of sp³-hybridized carbons (Fsp3) is 0.279. The first kappa shape index (κ1) is 80.7. The summed E-state index contributed by atoms with van der Waals surface area (Å²) in [5.41, 5.74) is 8.42. The highest BCUT2D eigenvalue weighted by Gasteiger charge is 2.34. The first-order chi connectivity index (χ1) is 40.5. The minimum atomic E-state index is -4.40. The van der Waals surface area contributed by atoms with E-state index in [9.17, 15) is 52.7 Å². The van der Waals surface area contributed by atoms with Crippen LogP contribution in [0, 0.1) is 6.92 Å². The summed E-state index contributed by atoms with van der Waals surface area (Å²) in [7, 11) is -1.18. The lowest BCUT2D eigenvalue weighted by molar-refractivity contribution is -0.138. The van der Waals surface area contributed by atoms with Gasteiger partial charge in [0.2, 0.25) is 0 Å². The number of aryl methyl sites for hydroxylation is 1. The van der Waals surface area contributed by atoms with Gasteiger partial charge in [-0.3, -0.25) is 38.1 Å². The Kier molecular flexibility index (Phi) is 33.4. The van der Waals surface area contributed by atoms with Crippen molar-refractivity contribution in [3.8, 4) is 0 Å². The Morgan fingerprint density at radius 1 is 0.472 bits per heavy atom. The van der Waals surface area contributed by atoms with E-state index in [4.69, 9.17) is 9.92 Å². The molecule has 5 atom stereocenters. The Bertz CT molecular complexity index is 3520. The molecule has 5 aromatic heterocycles. The quantitative estimate of drug-likeness (QED) is 0.0925. The number of carbonyl (C=O) groups is 1. The van der Waals surface area contributed by atoms with Crippen LogP contribution >= 0.6 is 104 Å². The van der Waals surface area contributed by atoms with Crippen molar-refractivity contribution in [1.82, 2.24) is 24.9 Å². The maximum absolute atomic E-state index is 12.8. The molecule has 0 aliphatic carbocycles. The number of hydrogen-bond donors (Lipinski definition) is 1. The van der Waals surface area contributed by atoms with Crippen LogP contribution in [-0.4, -0.2) is 61.5 Å². The highest BCUT2D eigenvalue weighted by atomic mass is 79.9. The lowest BCUT2D eigenvalue weighted by Gasteiger charge is -2.24. The lowest BCUT2D eigenvalue weighted by atomic mass is 9.96. The van der Waals surface area contributed by atoms with Crippen LogP contribution in [0.2, 0.25) is 0 Å². The van der Waals surface area contributed by atoms with Crippen LogP contribution in [0.3, 0.4) is 0 Å². The number of pyridine rings is 5. The van der Waals surface area contributed by atoms with Crippen molar-refractivity contribution in [3.63, 3.8) is 0 Å². The zero-order chi connectivity index (χ0) is 65.1. The molecule has 10 nitrogen and oxygen atoms in total. The van der Waals surface area contributed by atoms with E-state index in [0.29, 0.717) is 50.2 Å². The van der Waals surface area contributed by atoms with Crippen molar-refractivity contribution >= 4 is 133 Å². The number of aldehydes is 1. The number of aromatic nitrogens is 5. The normalized spacial score (nSPS) is 13.1. The predicted octanol–water partition coefficient (Wildman–Crippen LogP) is 19.6. The summed E-state index contributed by atoms with van der Waals surface area (Å²) >= 11 is 15.0. The van der Waals surface area contributed by atoms with Gasteiger partial charge in [0.1, 0.15) is 5.69 Å². The summed E-state index contributed by atoms with van der Waals surface area (Å²) in [5, 5.41) is 0. The van der Waals surface area contributed by atoms with Crippen molar-refractivity contribution in [2.75, 3.05) is 11.5 Å². The van der Waals surface area contributed by atoms with Crippen molar-refractivity contribution in [1.29, 1.82) is 0 Å². The Balaban J connectivity index is 0.000000400. The number of hydrogen-bond acceptors (Lipinski definition) is 10. The Hall–Kier alpha value is -4.35. The maximum Gasteiger partial charge on any atom is 0.416 e. The molecule has 8 rings (SSSR count). The second-order valence-electron chi connectivity index (χ2n) is 20.4. The van der Waals surface area contributed by atoms with E-state index in [2.05, 4.69) is 105 Å². The summed E-state index contributed by atoms with van der Waals surface area (Å²) in [6, 6.07) is 32.1. The highest BCUT2D eigenvalue weighted by Crippen LogP contribution is 2.37. The zero-order valence-corrected chi connectivity index (χ0v) is 59.4. The molecule has 28 heteroatoms. The number of rotatable bonds is 12. The van der Waals surface area contributed by atoms with E-state index in [-0.39, 0.29) is 42.2 Å². The summed E-state index contributed by atoms with van der Waals surface area (Å²) in [6.45, 7) is 12.9. The van der Waals surface area contributed by atoms with Crippen LogP contribution < -0.4 is 5.73 Å². The van der Waals surface area contributed by atoms with Gasteiger partial charge in [0.05, 0.1) is 56.9 Å². The Morgan fingerprint density at radius 2 is 0.798 bits per heavy atom. The van der Waals surface area contributed by atoms with Crippen LogP contribution in [0.25, 0.3) is 0 Å². The minimum absolute atomic E-state index is 0. The number of nitrogens with zero attached hydrogens (tertiary/aromatic N) is 5. The predicted molar refractivity (Wildman–Crippen MR) is 355 cm³/mol. The SMILES string of the molecule is CC(C)(C)OS(=O)C[C@@H](c1ccc(C(F)(F)F)cc1)c1ncccc1Br.CC(C)(C)[S@](=O)C[C@@H](c1ccc(C(F)(F)F)cc1)c1ncccc1Br.Cc1ncccc1Br.Cl.Cl.N[C@@H](c1ccc(C(F)(F)F)cc1)c1ncccc1Br.O=Cc1ncccc1Br. The molecule has 0 saturated heterocycles. The summed E-state index contributed by atoms with van der Waals surface area (Å²) in [5.74, 6) is -0.475. The van der Waals surface area contributed by atoms with Gasteiger partial charge < -0.3 is 5.73 Å². The molecule has 0 aliphatic rings. The Morgan fingerprint density at radius 3 is 1.09 bits per heavy atom. The smallest absolute Gasteiger partial charge is 0.319 e. The number of benzene rings is 3. The first-order valence-corrected chi connectivity index (χ1v) is 32.2. The second-order valence-corrected chi connectivity index (χ2v) is 28.0. The van der Waals surface area contributed by atoms with E-state index in [1.807, 2.05) is 45.9 Å². The molecule has 0 radical (unpaired) electrons. The first-order valence-electron chi connectivity index (χ1n) is 25.7. The summed E-state index contributed by atoms with van der Waals surface area (Å²) in [6.07, 6.45) is -4.26. The third-order valence-corrected chi connectivity index (χ3v) is 18.5. The maximum atomic E-state index is 12.8. The molecular formula is C61H60Br5Cl2F9N6O4S2. The van der Waals surface area contributed by atoms with Gasteiger partial charge in [-0.05, 0) is 242 Å². The lowest BCUT2D eigenvalue weighted by Crippen LogP contribution is -2.27. The molecule has 0 aliphatic heterocycles. The van der Waals surface area contributed by atoms with Gasteiger partial charge in [-0.1, -0.05) is 36.4 Å². The van der Waals surface area contributed by atoms with E-state index >= 15 is 0 Å². The van der Waals surface area contributed by atoms with Gasteiger partial charge in [0, 0.05) is 86.5 Å².